The largest absolute Gasteiger partial charge is 0.492 e. The second kappa shape index (κ2) is 8.61. The summed E-state index contributed by atoms with van der Waals surface area (Å²) >= 11 is 0. The van der Waals surface area contributed by atoms with Gasteiger partial charge in [-0.15, -0.1) is 0 Å². The third-order valence-corrected chi connectivity index (χ3v) is 4.22. The number of ether oxygens (including phenoxy) is 2. The summed E-state index contributed by atoms with van der Waals surface area (Å²) in [6, 6.07) is 13.4. The molecule has 0 spiro atoms. The fourth-order valence-corrected chi connectivity index (χ4v) is 3.06. The topological polar surface area (TPSA) is 59.6 Å². The van der Waals surface area contributed by atoms with Crippen molar-refractivity contribution in [3.63, 3.8) is 0 Å². The van der Waals surface area contributed by atoms with Crippen LogP contribution >= 0.6 is 0 Å². The lowest BCUT2D eigenvalue weighted by atomic mass is 10.1. The summed E-state index contributed by atoms with van der Waals surface area (Å²) in [4.78, 5) is 12.1. The summed E-state index contributed by atoms with van der Waals surface area (Å²) in [7, 11) is 0. The fraction of sp³-hybridized carbons (Fsp3) is 0.381. The van der Waals surface area contributed by atoms with Crippen molar-refractivity contribution >= 4 is 11.7 Å². The second-order valence-corrected chi connectivity index (χ2v) is 6.68. The average Bonchev–Trinajstić information content (AvgIpc) is 3.08. The first-order valence-corrected chi connectivity index (χ1v) is 9.17. The maximum atomic E-state index is 12.1. The average molecular weight is 354 g/mol. The molecule has 0 unspecified atom stereocenters. The second-order valence-electron chi connectivity index (χ2n) is 6.68. The summed E-state index contributed by atoms with van der Waals surface area (Å²) in [6.45, 7) is 4.76. The predicted octanol–water partition coefficient (Wildman–Crippen LogP) is 4.16. The third-order valence-electron chi connectivity index (χ3n) is 4.22. The molecular weight excluding hydrogens is 328 g/mol. The standard InChI is InChI=1S/C21H26N2O3/c1-15(2)26-20-9-4-3-8-19(20)23-21(24)22-12-13-25-18-11-10-16-6-5-7-17(16)14-18/h3-4,8-11,14-15H,5-7,12-13H2,1-2H3,(H2,22,23,24). The Hall–Kier alpha value is -2.69. The van der Waals surface area contributed by atoms with E-state index in [2.05, 4.69) is 22.8 Å². The molecule has 26 heavy (non-hydrogen) atoms. The van der Waals surface area contributed by atoms with Crippen LogP contribution in [0, 0.1) is 0 Å². The number of anilines is 1. The zero-order valence-corrected chi connectivity index (χ0v) is 15.4. The molecule has 3 rings (SSSR count). The van der Waals surface area contributed by atoms with Gasteiger partial charge in [0.15, 0.2) is 0 Å². The van der Waals surface area contributed by atoms with Crippen molar-refractivity contribution in [3.8, 4) is 11.5 Å². The maximum Gasteiger partial charge on any atom is 0.319 e. The highest BCUT2D eigenvalue weighted by molar-refractivity contribution is 5.90. The number of hydrogen-bond acceptors (Lipinski definition) is 3. The molecule has 1 aliphatic rings. The number of urea groups is 1. The molecule has 138 valence electrons. The van der Waals surface area contributed by atoms with Gasteiger partial charge in [0, 0.05) is 0 Å². The Kier molecular flexibility index (Phi) is 6.00. The van der Waals surface area contributed by atoms with E-state index >= 15 is 0 Å². The Bertz CT molecular complexity index is 759. The van der Waals surface area contributed by atoms with Gasteiger partial charge in [-0.2, -0.15) is 0 Å². The minimum absolute atomic E-state index is 0.0433. The molecular formula is C21H26N2O3. The van der Waals surface area contributed by atoms with E-state index in [9.17, 15) is 4.79 Å². The molecule has 0 atom stereocenters. The first kappa shape index (κ1) is 18.1. The zero-order chi connectivity index (χ0) is 18.4. The number of carbonyl (C=O) groups is 1. The van der Waals surface area contributed by atoms with Crippen LogP contribution in [0.4, 0.5) is 10.5 Å². The Balaban J connectivity index is 1.43. The molecule has 0 heterocycles. The van der Waals surface area contributed by atoms with Crippen LogP contribution in [0.1, 0.15) is 31.4 Å². The van der Waals surface area contributed by atoms with Crippen LogP contribution in [-0.4, -0.2) is 25.3 Å². The van der Waals surface area contributed by atoms with Crippen molar-refractivity contribution in [1.29, 1.82) is 0 Å². The number of aryl methyl sites for hydroxylation is 2. The molecule has 0 radical (unpaired) electrons. The lowest BCUT2D eigenvalue weighted by Gasteiger charge is -2.15. The van der Waals surface area contributed by atoms with E-state index < -0.39 is 0 Å². The van der Waals surface area contributed by atoms with Crippen LogP contribution in [0.15, 0.2) is 42.5 Å². The number of nitrogens with one attached hydrogen (secondary N) is 2. The molecule has 0 aliphatic heterocycles. The molecule has 0 aromatic heterocycles. The zero-order valence-electron chi connectivity index (χ0n) is 15.4. The van der Waals surface area contributed by atoms with Crippen molar-refractivity contribution in [2.45, 2.75) is 39.2 Å². The summed E-state index contributed by atoms with van der Waals surface area (Å²) in [5.41, 5.74) is 3.46. The van der Waals surface area contributed by atoms with Gasteiger partial charge in [0.2, 0.25) is 0 Å². The summed E-state index contributed by atoms with van der Waals surface area (Å²) in [5.74, 6) is 1.52. The van der Waals surface area contributed by atoms with Gasteiger partial charge in [-0.05, 0) is 68.5 Å². The van der Waals surface area contributed by atoms with Crippen molar-refractivity contribution in [1.82, 2.24) is 5.32 Å². The van der Waals surface area contributed by atoms with Crippen molar-refractivity contribution in [2.75, 3.05) is 18.5 Å². The number of rotatable bonds is 7. The number of benzene rings is 2. The van der Waals surface area contributed by atoms with E-state index in [0.29, 0.717) is 24.6 Å². The summed E-state index contributed by atoms with van der Waals surface area (Å²) < 4.78 is 11.4. The van der Waals surface area contributed by atoms with Crippen LogP contribution in [0.2, 0.25) is 0 Å². The Morgan fingerprint density at radius 3 is 2.77 bits per heavy atom. The number of fused-ring (bicyclic) bond motifs is 1. The Morgan fingerprint density at radius 2 is 1.92 bits per heavy atom. The number of hydrogen-bond donors (Lipinski definition) is 2. The summed E-state index contributed by atoms with van der Waals surface area (Å²) in [5, 5.41) is 5.62. The van der Waals surface area contributed by atoms with Crippen LogP contribution in [0.3, 0.4) is 0 Å². The van der Waals surface area contributed by atoms with Gasteiger partial charge in [0.05, 0.1) is 18.3 Å². The van der Waals surface area contributed by atoms with Gasteiger partial charge in [0.1, 0.15) is 18.1 Å². The van der Waals surface area contributed by atoms with Crippen LogP contribution in [-0.2, 0) is 12.8 Å². The molecule has 0 saturated carbocycles. The van der Waals surface area contributed by atoms with Gasteiger partial charge in [0.25, 0.3) is 0 Å². The van der Waals surface area contributed by atoms with Gasteiger partial charge < -0.3 is 20.1 Å². The molecule has 1 aliphatic carbocycles. The highest BCUT2D eigenvalue weighted by atomic mass is 16.5. The summed E-state index contributed by atoms with van der Waals surface area (Å²) in [6.07, 6.45) is 3.56. The predicted molar refractivity (Wildman–Crippen MR) is 103 cm³/mol. The first-order chi connectivity index (χ1) is 12.6. The third kappa shape index (κ3) is 4.91. The first-order valence-electron chi connectivity index (χ1n) is 9.17. The molecule has 5 nitrogen and oxygen atoms in total. The van der Waals surface area contributed by atoms with Crippen LogP contribution in [0.25, 0.3) is 0 Å². The van der Waals surface area contributed by atoms with Crippen molar-refractivity contribution in [2.24, 2.45) is 0 Å². The fourth-order valence-electron chi connectivity index (χ4n) is 3.06. The molecule has 2 aromatic carbocycles. The molecule has 0 bridgehead atoms. The smallest absolute Gasteiger partial charge is 0.319 e. The van der Waals surface area contributed by atoms with Crippen LogP contribution in [0.5, 0.6) is 11.5 Å². The van der Waals surface area contributed by atoms with Crippen molar-refractivity contribution < 1.29 is 14.3 Å². The number of amides is 2. The van der Waals surface area contributed by atoms with E-state index in [4.69, 9.17) is 9.47 Å². The van der Waals surface area contributed by atoms with Gasteiger partial charge >= 0.3 is 6.03 Å². The van der Waals surface area contributed by atoms with Gasteiger partial charge in [-0.1, -0.05) is 18.2 Å². The van der Waals surface area contributed by atoms with E-state index in [-0.39, 0.29) is 12.1 Å². The molecule has 0 saturated heterocycles. The highest BCUT2D eigenvalue weighted by Gasteiger charge is 2.11. The van der Waals surface area contributed by atoms with Crippen molar-refractivity contribution in [3.05, 3.63) is 53.6 Å². The molecule has 0 fully saturated rings. The lowest BCUT2D eigenvalue weighted by molar-refractivity contribution is 0.240. The quantitative estimate of drug-likeness (QED) is 0.734. The maximum absolute atomic E-state index is 12.1. The van der Waals surface area contributed by atoms with Gasteiger partial charge in [-0.25, -0.2) is 4.79 Å². The Morgan fingerprint density at radius 1 is 1.12 bits per heavy atom. The van der Waals surface area contributed by atoms with E-state index in [1.807, 2.05) is 44.2 Å². The highest BCUT2D eigenvalue weighted by Crippen LogP contribution is 2.26. The number of carbonyl (C=O) groups excluding carboxylic acids is 1. The molecule has 5 heteroatoms. The minimum Gasteiger partial charge on any atom is -0.492 e. The number of para-hydroxylation sites is 2. The lowest BCUT2D eigenvalue weighted by Crippen LogP contribution is -2.32. The Labute approximate surface area is 154 Å². The van der Waals surface area contributed by atoms with Gasteiger partial charge in [-0.3, -0.25) is 0 Å². The van der Waals surface area contributed by atoms with Crippen LogP contribution < -0.4 is 20.1 Å². The van der Waals surface area contributed by atoms with E-state index in [1.165, 1.54) is 24.0 Å². The normalized spacial score (nSPS) is 12.6. The van der Waals surface area contributed by atoms with E-state index in [0.717, 1.165) is 12.2 Å². The molecule has 2 aromatic rings. The monoisotopic (exact) mass is 354 g/mol. The molecule has 2 N–H and O–H groups in total. The minimum atomic E-state index is -0.276. The SMILES string of the molecule is CC(C)Oc1ccccc1NC(=O)NCCOc1ccc2c(c1)CCC2. The van der Waals surface area contributed by atoms with E-state index in [1.54, 1.807) is 0 Å². The molecule has 2 amide bonds.